The number of fused-ring (bicyclic) bond motifs is 1. The van der Waals surface area contributed by atoms with Gasteiger partial charge in [-0.3, -0.25) is 14.9 Å². The van der Waals surface area contributed by atoms with Crippen LogP contribution in [0.5, 0.6) is 0 Å². The first-order chi connectivity index (χ1) is 14.0. The van der Waals surface area contributed by atoms with Crippen molar-refractivity contribution >= 4 is 44.2 Å². The van der Waals surface area contributed by atoms with Crippen LogP contribution in [0.4, 0.5) is 5.13 Å². The van der Waals surface area contributed by atoms with Crippen molar-refractivity contribution < 1.29 is 4.79 Å². The molecule has 0 saturated heterocycles. The molecule has 0 spiro atoms. The Morgan fingerprint density at radius 1 is 1.17 bits per heavy atom. The first-order valence-electron chi connectivity index (χ1n) is 9.18. The maximum Gasteiger partial charge on any atom is 0.258 e. The molecule has 1 N–H and O–H groups in total. The number of pyridine rings is 1. The number of hydrogen-bond donors (Lipinski definition) is 1. The van der Waals surface area contributed by atoms with Gasteiger partial charge >= 0.3 is 0 Å². The fraction of sp³-hybridized carbons (Fsp3) is 0.136. The van der Waals surface area contributed by atoms with Crippen molar-refractivity contribution in [1.29, 1.82) is 0 Å². The van der Waals surface area contributed by atoms with Crippen LogP contribution in [0, 0.1) is 0 Å². The van der Waals surface area contributed by atoms with E-state index in [-0.39, 0.29) is 11.5 Å². The predicted octanol–water partition coefficient (Wildman–Crippen LogP) is 4.97. The van der Waals surface area contributed by atoms with Gasteiger partial charge in [0, 0.05) is 17.3 Å². The van der Waals surface area contributed by atoms with E-state index in [2.05, 4.69) is 23.3 Å². The highest BCUT2D eigenvalue weighted by Gasteiger charge is 2.12. The molecule has 4 rings (SSSR count). The molecule has 0 bridgehead atoms. The Hall–Kier alpha value is -2.96. The molecule has 5 nitrogen and oxygen atoms in total. The van der Waals surface area contributed by atoms with Gasteiger partial charge < -0.3 is 4.57 Å². The van der Waals surface area contributed by atoms with Gasteiger partial charge in [-0.05, 0) is 41.8 Å². The summed E-state index contributed by atoms with van der Waals surface area (Å²) in [6.45, 7) is 2.39. The lowest BCUT2D eigenvalue weighted by Crippen LogP contribution is -2.22. The summed E-state index contributed by atoms with van der Waals surface area (Å²) in [5.74, 6) is -0.312. The lowest BCUT2D eigenvalue weighted by molar-refractivity contribution is 0.102. The smallest absolute Gasteiger partial charge is 0.258 e. The lowest BCUT2D eigenvalue weighted by atomic mass is 10.2. The molecule has 0 aliphatic carbocycles. The average molecular weight is 424 g/mol. The summed E-state index contributed by atoms with van der Waals surface area (Å²) in [7, 11) is 0. The van der Waals surface area contributed by atoms with Crippen LogP contribution in [-0.2, 0) is 13.0 Å². The fourth-order valence-corrected chi connectivity index (χ4v) is 4.13. The molecule has 2 aromatic heterocycles. The molecule has 0 aliphatic heterocycles. The zero-order valence-corrected chi connectivity index (χ0v) is 17.3. The first-order valence-corrected chi connectivity index (χ1v) is 10.4. The number of halogens is 1. The number of nitrogens with one attached hydrogen (secondary N) is 1. The van der Waals surface area contributed by atoms with E-state index < -0.39 is 0 Å². The number of thiazole rings is 1. The van der Waals surface area contributed by atoms with Crippen molar-refractivity contribution in [1.82, 2.24) is 9.55 Å². The molecule has 0 fully saturated rings. The van der Waals surface area contributed by atoms with Crippen LogP contribution >= 0.6 is 22.9 Å². The maximum absolute atomic E-state index is 12.7. The highest BCUT2D eigenvalue weighted by molar-refractivity contribution is 7.22. The van der Waals surface area contributed by atoms with E-state index in [9.17, 15) is 9.59 Å². The van der Waals surface area contributed by atoms with Crippen LogP contribution in [0.15, 0.2) is 65.6 Å². The fourth-order valence-electron chi connectivity index (χ4n) is 3.01. The first kappa shape index (κ1) is 19.4. The minimum atomic E-state index is -0.312. The number of anilines is 1. The van der Waals surface area contributed by atoms with Gasteiger partial charge in [0.25, 0.3) is 11.5 Å². The molecule has 1 amide bonds. The molecule has 2 heterocycles. The standard InChI is InChI=1S/C22H18ClN3O2S/c1-2-14-7-9-18-19(11-14)29-22(24-18)25-21(28)16-8-10-20(27)26(13-16)12-15-5-3-4-6-17(15)23/h3-11,13H,2,12H2,1H3,(H,24,25,28). The molecule has 2 aromatic carbocycles. The van der Waals surface area contributed by atoms with Crippen LogP contribution < -0.4 is 10.9 Å². The number of hydrogen-bond acceptors (Lipinski definition) is 4. The summed E-state index contributed by atoms with van der Waals surface area (Å²) in [6.07, 6.45) is 2.49. The third-order valence-electron chi connectivity index (χ3n) is 4.63. The van der Waals surface area contributed by atoms with Crippen LogP contribution in [0.25, 0.3) is 10.2 Å². The number of carbonyl (C=O) groups is 1. The molecule has 4 aromatic rings. The topological polar surface area (TPSA) is 64.0 Å². The van der Waals surface area contributed by atoms with E-state index in [1.54, 1.807) is 12.3 Å². The molecule has 7 heteroatoms. The van der Waals surface area contributed by atoms with Gasteiger partial charge in [0.2, 0.25) is 0 Å². The maximum atomic E-state index is 12.7. The van der Waals surface area contributed by atoms with Gasteiger partial charge in [0.1, 0.15) is 0 Å². The zero-order valence-electron chi connectivity index (χ0n) is 15.7. The van der Waals surface area contributed by atoms with Crippen molar-refractivity contribution in [3.63, 3.8) is 0 Å². The van der Waals surface area contributed by atoms with Gasteiger partial charge in [-0.15, -0.1) is 0 Å². The highest BCUT2D eigenvalue weighted by atomic mass is 35.5. The van der Waals surface area contributed by atoms with E-state index in [0.717, 1.165) is 22.2 Å². The summed E-state index contributed by atoms with van der Waals surface area (Å²) in [5, 5.41) is 3.94. The van der Waals surface area contributed by atoms with E-state index in [1.165, 1.54) is 33.6 Å². The highest BCUT2D eigenvalue weighted by Crippen LogP contribution is 2.27. The second-order valence-electron chi connectivity index (χ2n) is 6.60. The van der Waals surface area contributed by atoms with E-state index in [1.807, 2.05) is 30.3 Å². The number of benzene rings is 2. The lowest BCUT2D eigenvalue weighted by Gasteiger charge is -2.09. The number of aromatic nitrogens is 2. The van der Waals surface area contributed by atoms with Gasteiger partial charge in [-0.1, -0.05) is 54.1 Å². The third-order valence-corrected chi connectivity index (χ3v) is 5.93. The van der Waals surface area contributed by atoms with Crippen molar-refractivity contribution in [3.8, 4) is 0 Å². The average Bonchev–Trinajstić information content (AvgIpc) is 3.12. The van der Waals surface area contributed by atoms with Crippen LogP contribution in [0.2, 0.25) is 5.02 Å². The Kier molecular flexibility index (Phi) is 5.47. The molecule has 29 heavy (non-hydrogen) atoms. The molecule has 0 atom stereocenters. The van der Waals surface area contributed by atoms with Gasteiger partial charge in [-0.2, -0.15) is 0 Å². The summed E-state index contributed by atoms with van der Waals surface area (Å²) in [5.41, 5.74) is 3.07. The van der Waals surface area contributed by atoms with Crippen molar-refractivity contribution in [2.24, 2.45) is 0 Å². The molecule has 0 radical (unpaired) electrons. The normalized spacial score (nSPS) is 11.0. The molecule has 0 unspecified atom stereocenters. The van der Waals surface area contributed by atoms with Crippen LogP contribution in [-0.4, -0.2) is 15.5 Å². The largest absolute Gasteiger partial charge is 0.310 e. The molecular weight excluding hydrogens is 406 g/mol. The number of carbonyl (C=O) groups excluding carboxylic acids is 1. The Morgan fingerprint density at radius 3 is 2.79 bits per heavy atom. The Balaban J connectivity index is 1.57. The summed E-state index contributed by atoms with van der Waals surface area (Å²) < 4.78 is 2.51. The monoisotopic (exact) mass is 423 g/mol. The number of rotatable bonds is 5. The quantitative estimate of drug-likeness (QED) is 0.492. The second-order valence-corrected chi connectivity index (χ2v) is 8.04. The molecule has 146 valence electrons. The minimum absolute atomic E-state index is 0.200. The Labute approximate surface area is 176 Å². The van der Waals surface area contributed by atoms with Gasteiger partial charge in [0.15, 0.2) is 5.13 Å². The Morgan fingerprint density at radius 2 is 2.00 bits per heavy atom. The van der Waals surface area contributed by atoms with E-state index in [0.29, 0.717) is 22.3 Å². The van der Waals surface area contributed by atoms with Gasteiger partial charge in [0.05, 0.1) is 22.3 Å². The molecule has 0 aliphatic rings. The third kappa shape index (κ3) is 4.23. The molecule has 0 saturated carbocycles. The number of amides is 1. The predicted molar refractivity (Wildman–Crippen MR) is 118 cm³/mol. The number of nitrogens with zero attached hydrogens (tertiary/aromatic N) is 2. The van der Waals surface area contributed by atoms with Crippen LogP contribution in [0.3, 0.4) is 0 Å². The minimum Gasteiger partial charge on any atom is -0.310 e. The van der Waals surface area contributed by atoms with Crippen molar-refractivity contribution in [3.05, 3.63) is 92.9 Å². The van der Waals surface area contributed by atoms with E-state index in [4.69, 9.17) is 11.6 Å². The summed E-state index contributed by atoms with van der Waals surface area (Å²) >= 11 is 7.63. The summed E-state index contributed by atoms with van der Waals surface area (Å²) in [6, 6.07) is 16.3. The van der Waals surface area contributed by atoms with Crippen molar-refractivity contribution in [2.75, 3.05) is 5.32 Å². The van der Waals surface area contributed by atoms with E-state index >= 15 is 0 Å². The summed E-state index contributed by atoms with van der Waals surface area (Å²) in [4.78, 5) is 29.4. The Bertz CT molecular complexity index is 1260. The second kappa shape index (κ2) is 8.19. The molecular formula is C22H18ClN3O2S. The van der Waals surface area contributed by atoms with Gasteiger partial charge in [-0.25, -0.2) is 4.98 Å². The zero-order chi connectivity index (χ0) is 20.4. The number of aryl methyl sites for hydroxylation is 1. The van der Waals surface area contributed by atoms with Crippen molar-refractivity contribution in [2.45, 2.75) is 19.9 Å². The van der Waals surface area contributed by atoms with Crippen LogP contribution in [0.1, 0.15) is 28.4 Å². The SMILES string of the molecule is CCc1ccc2nc(NC(=O)c3ccc(=O)n(Cc4ccccc4Cl)c3)sc2c1.